The first-order valence-electron chi connectivity index (χ1n) is 5.51. The van der Waals surface area contributed by atoms with Gasteiger partial charge in [-0.25, -0.2) is 0 Å². The molecule has 0 spiro atoms. The second kappa shape index (κ2) is 6.78. The summed E-state index contributed by atoms with van der Waals surface area (Å²) in [7, 11) is 6.28. The number of nitrogens with one attached hydrogen (secondary N) is 1. The predicted octanol–water partition coefficient (Wildman–Crippen LogP) is 0.963. The molecule has 0 unspecified atom stereocenters. The van der Waals surface area contributed by atoms with Crippen LogP contribution in [0.3, 0.4) is 0 Å². The number of aromatic nitrogens is 2. The van der Waals surface area contributed by atoms with Gasteiger partial charge in [-0.3, -0.25) is 4.90 Å². The quantitative estimate of drug-likeness (QED) is 0.773. The van der Waals surface area contributed by atoms with Gasteiger partial charge in [-0.05, 0) is 28.1 Å². The number of hydrogen-bond acceptors (Lipinski definition) is 6. The molecule has 0 aromatic carbocycles. The van der Waals surface area contributed by atoms with E-state index in [1.165, 1.54) is 11.5 Å². The molecule has 1 aromatic heterocycles. The Kier molecular flexibility index (Phi) is 5.65. The second-order valence-corrected chi connectivity index (χ2v) is 4.87. The number of rotatable bonds is 7. The molecule has 0 saturated heterocycles. The topological polar surface area (TPSA) is 44.3 Å². The highest BCUT2D eigenvalue weighted by Crippen LogP contribution is 2.18. The van der Waals surface area contributed by atoms with Gasteiger partial charge in [-0.2, -0.15) is 0 Å². The van der Waals surface area contributed by atoms with E-state index in [4.69, 9.17) is 0 Å². The molecule has 6 heteroatoms. The Morgan fingerprint density at radius 1 is 1.25 bits per heavy atom. The summed E-state index contributed by atoms with van der Waals surface area (Å²) in [6.45, 7) is 5.95. The lowest BCUT2D eigenvalue weighted by Crippen LogP contribution is -2.28. The summed E-state index contributed by atoms with van der Waals surface area (Å²) in [5.41, 5.74) is 1.05. The van der Waals surface area contributed by atoms with Crippen molar-refractivity contribution in [1.29, 1.82) is 0 Å². The van der Waals surface area contributed by atoms with Crippen molar-refractivity contribution in [3.8, 4) is 0 Å². The molecule has 0 atom stereocenters. The third-order valence-electron chi connectivity index (χ3n) is 2.24. The van der Waals surface area contributed by atoms with Crippen LogP contribution in [0.25, 0.3) is 0 Å². The van der Waals surface area contributed by atoms with Crippen molar-refractivity contribution >= 4 is 16.5 Å². The van der Waals surface area contributed by atoms with Crippen molar-refractivity contribution in [2.45, 2.75) is 13.5 Å². The van der Waals surface area contributed by atoms with Crippen LogP contribution < -0.4 is 5.32 Å². The molecule has 1 N–H and O–H groups in total. The van der Waals surface area contributed by atoms with Crippen molar-refractivity contribution in [2.24, 2.45) is 0 Å². The van der Waals surface area contributed by atoms with Crippen molar-refractivity contribution < 1.29 is 0 Å². The van der Waals surface area contributed by atoms with E-state index < -0.39 is 0 Å². The number of nitrogens with zero attached hydrogens (tertiary/aromatic N) is 4. The minimum atomic E-state index is 0.854. The van der Waals surface area contributed by atoms with Crippen LogP contribution in [0.15, 0.2) is 0 Å². The van der Waals surface area contributed by atoms with Crippen molar-refractivity contribution in [3.05, 3.63) is 5.69 Å². The molecule has 92 valence electrons. The van der Waals surface area contributed by atoms with Crippen molar-refractivity contribution in [1.82, 2.24) is 19.4 Å². The van der Waals surface area contributed by atoms with Gasteiger partial charge in [-0.1, -0.05) is 4.49 Å². The molecule has 0 bridgehead atoms. The van der Waals surface area contributed by atoms with Gasteiger partial charge in [0.05, 0.1) is 0 Å². The molecule has 0 saturated carbocycles. The van der Waals surface area contributed by atoms with Crippen LogP contribution >= 0.6 is 11.5 Å². The summed E-state index contributed by atoms with van der Waals surface area (Å²) >= 11 is 1.43. The molecular weight excluding hydrogens is 222 g/mol. The van der Waals surface area contributed by atoms with E-state index >= 15 is 0 Å². The Morgan fingerprint density at radius 3 is 2.62 bits per heavy atom. The second-order valence-electron chi connectivity index (χ2n) is 4.12. The van der Waals surface area contributed by atoms with E-state index in [1.54, 1.807) is 0 Å². The zero-order chi connectivity index (χ0) is 12.0. The Hall–Kier alpha value is -0.720. The molecule has 0 amide bonds. The van der Waals surface area contributed by atoms with Gasteiger partial charge >= 0.3 is 0 Å². The van der Waals surface area contributed by atoms with Crippen LogP contribution in [-0.4, -0.2) is 60.2 Å². The van der Waals surface area contributed by atoms with E-state index in [9.17, 15) is 0 Å². The highest BCUT2D eigenvalue weighted by atomic mass is 32.1. The fourth-order valence-electron chi connectivity index (χ4n) is 1.31. The average Bonchev–Trinajstić information content (AvgIpc) is 2.63. The Labute approximate surface area is 102 Å². The van der Waals surface area contributed by atoms with Gasteiger partial charge < -0.3 is 10.2 Å². The van der Waals surface area contributed by atoms with Crippen molar-refractivity contribution in [3.63, 3.8) is 0 Å². The standard InChI is InChI=1S/C10H21N5S/c1-5-11-10-9(12-13-16-10)8-15(4)7-6-14(2)3/h11H,5-8H2,1-4H3. The third-order valence-corrected chi connectivity index (χ3v) is 2.97. The van der Waals surface area contributed by atoms with Crippen LogP contribution in [0, 0.1) is 0 Å². The average molecular weight is 243 g/mol. The van der Waals surface area contributed by atoms with Crippen LogP contribution in [0.5, 0.6) is 0 Å². The van der Waals surface area contributed by atoms with Gasteiger partial charge in [0.1, 0.15) is 10.7 Å². The van der Waals surface area contributed by atoms with E-state index in [1.807, 2.05) is 0 Å². The molecule has 0 fully saturated rings. The van der Waals surface area contributed by atoms with E-state index in [2.05, 4.69) is 52.8 Å². The fourth-order valence-corrected chi connectivity index (χ4v) is 1.95. The Morgan fingerprint density at radius 2 is 2.00 bits per heavy atom. The lowest BCUT2D eigenvalue weighted by molar-refractivity contribution is 0.274. The maximum atomic E-state index is 4.15. The predicted molar refractivity (Wildman–Crippen MR) is 69.0 cm³/mol. The molecule has 5 nitrogen and oxygen atoms in total. The molecule has 1 rings (SSSR count). The van der Waals surface area contributed by atoms with E-state index in [-0.39, 0.29) is 0 Å². The zero-order valence-corrected chi connectivity index (χ0v) is 11.3. The molecule has 0 radical (unpaired) electrons. The van der Waals surface area contributed by atoms with Crippen molar-refractivity contribution in [2.75, 3.05) is 46.1 Å². The Bertz CT molecular complexity index is 299. The van der Waals surface area contributed by atoms with E-state index in [0.29, 0.717) is 0 Å². The SMILES string of the molecule is CCNc1snnc1CN(C)CCN(C)C. The maximum Gasteiger partial charge on any atom is 0.134 e. The first kappa shape index (κ1) is 13.3. The van der Waals surface area contributed by atoms with Gasteiger partial charge in [0.2, 0.25) is 0 Å². The zero-order valence-electron chi connectivity index (χ0n) is 10.5. The molecule has 0 aliphatic carbocycles. The molecule has 1 aromatic rings. The highest BCUT2D eigenvalue weighted by molar-refractivity contribution is 7.10. The molecule has 16 heavy (non-hydrogen) atoms. The van der Waals surface area contributed by atoms with Gasteiger partial charge in [0, 0.05) is 37.7 Å². The van der Waals surface area contributed by atoms with Crippen LogP contribution in [0.2, 0.25) is 0 Å². The van der Waals surface area contributed by atoms with Crippen LogP contribution in [-0.2, 0) is 6.54 Å². The van der Waals surface area contributed by atoms with Crippen LogP contribution in [0.1, 0.15) is 12.6 Å². The summed E-state index contributed by atoms with van der Waals surface area (Å²) in [5, 5.41) is 8.53. The number of anilines is 1. The largest absolute Gasteiger partial charge is 0.374 e. The first-order chi connectivity index (χ1) is 7.63. The summed E-state index contributed by atoms with van der Waals surface area (Å²) in [5.74, 6) is 0. The number of hydrogen-bond donors (Lipinski definition) is 1. The molecule has 0 aliphatic heterocycles. The Balaban J connectivity index is 2.42. The molecule has 1 heterocycles. The van der Waals surface area contributed by atoms with Gasteiger partial charge in [-0.15, -0.1) is 5.10 Å². The lowest BCUT2D eigenvalue weighted by Gasteiger charge is -2.18. The minimum absolute atomic E-state index is 0.854. The summed E-state index contributed by atoms with van der Waals surface area (Å²) in [4.78, 5) is 4.44. The van der Waals surface area contributed by atoms with Gasteiger partial charge in [0.25, 0.3) is 0 Å². The lowest BCUT2D eigenvalue weighted by atomic mass is 10.4. The highest BCUT2D eigenvalue weighted by Gasteiger charge is 2.09. The third kappa shape index (κ3) is 4.42. The summed E-state index contributed by atoms with van der Waals surface area (Å²) in [6.07, 6.45) is 0. The van der Waals surface area contributed by atoms with Gasteiger partial charge in [0.15, 0.2) is 0 Å². The minimum Gasteiger partial charge on any atom is -0.374 e. The molecule has 0 aliphatic rings. The normalized spacial score (nSPS) is 11.4. The fraction of sp³-hybridized carbons (Fsp3) is 0.800. The van der Waals surface area contributed by atoms with Crippen LogP contribution in [0.4, 0.5) is 5.00 Å². The first-order valence-corrected chi connectivity index (χ1v) is 6.29. The smallest absolute Gasteiger partial charge is 0.134 e. The molecular formula is C10H21N5S. The summed E-state index contributed by atoms with van der Waals surface area (Å²) in [6, 6.07) is 0. The summed E-state index contributed by atoms with van der Waals surface area (Å²) < 4.78 is 3.98. The van der Waals surface area contributed by atoms with E-state index in [0.717, 1.165) is 36.9 Å². The maximum absolute atomic E-state index is 4.15. The monoisotopic (exact) mass is 243 g/mol. The number of likely N-dealkylation sites (N-methyl/N-ethyl adjacent to an activating group) is 2.